The van der Waals surface area contributed by atoms with Gasteiger partial charge in [-0.25, -0.2) is 31.7 Å². The molecule has 0 unspecified atom stereocenters. The highest BCUT2D eigenvalue weighted by atomic mass is 19.4. The minimum absolute atomic E-state index is 0.0498. The average Bonchev–Trinajstić information content (AvgIpc) is 3.52. The first-order valence-electron chi connectivity index (χ1n) is 13.7. The molecule has 2 N–H and O–H groups in total. The number of nitrogens with one attached hydrogen (secondary N) is 2. The molecule has 0 bridgehead atoms. The van der Waals surface area contributed by atoms with Crippen LogP contribution in [0.3, 0.4) is 0 Å². The number of amides is 2. The zero-order chi connectivity index (χ0) is 31.1. The van der Waals surface area contributed by atoms with Gasteiger partial charge in [0.2, 0.25) is 18.3 Å². The van der Waals surface area contributed by atoms with Gasteiger partial charge in [0, 0.05) is 19.3 Å². The molecule has 0 aliphatic heterocycles. The van der Waals surface area contributed by atoms with Crippen molar-refractivity contribution < 1.29 is 45.0 Å². The second-order valence-corrected chi connectivity index (χ2v) is 11.1. The molecule has 2 saturated carbocycles. The monoisotopic (exact) mass is 619 g/mol. The van der Waals surface area contributed by atoms with Gasteiger partial charge >= 0.3 is 6.18 Å². The van der Waals surface area contributed by atoms with E-state index in [1.807, 2.05) is 5.32 Å². The molecule has 2 aliphatic rings. The maximum Gasteiger partial charge on any atom is 0.408 e. The summed E-state index contributed by atoms with van der Waals surface area (Å²) in [6, 6.07) is -1.79. The molecular weight excluding hydrogens is 591 g/mol. The van der Waals surface area contributed by atoms with Crippen LogP contribution in [0.15, 0.2) is 23.1 Å². The Labute approximate surface area is 239 Å². The number of imidazole rings is 1. The third-order valence-corrected chi connectivity index (χ3v) is 7.94. The van der Waals surface area contributed by atoms with E-state index >= 15 is 0 Å². The van der Waals surface area contributed by atoms with Crippen LogP contribution in [0.2, 0.25) is 0 Å². The number of alkyl halides is 7. The first-order valence-corrected chi connectivity index (χ1v) is 13.7. The third-order valence-electron chi connectivity index (χ3n) is 7.94. The van der Waals surface area contributed by atoms with E-state index in [1.54, 1.807) is 0 Å². The summed E-state index contributed by atoms with van der Waals surface area (Å²) in [6.45, 7) is 1.49. The number of aryl methyl sites for hydroxylation is 1. The number of halogens is 7. The SMILES string of the molecule is Cc1nonc1C(=O)N[C@H](c1cn2ncc([C@@H](CC(F)F)C(=O)N[C@@H](C3CC3)C(F)(F)F)cc2n1)C1CCC(F)(F)CC1. The summed E-state index contributed by atoms with van der Waals surface area (Å²) < 4.78 is 101. The Morgan fingerprint density at radius 2 is 1.79 bits per heavy atom. The summed E-state index contributed by atoms with van der Waals surface area (Å²) in [5.74, 6) is -7.67. The predicted octanol–water partition coefficient (Wildman–Crippen LogP) is 4.91. The van der Waals surface area contributed by atoms with Crippen LogP contribution in [-0.4, -0.2) is 61.3 Å². The van der Waals surface area contributed by atoms with Gasteiger partial charge < -0.3 is 10.6 Å². The average molecular weight is 620 g/mol. The summed E-state index contributed by atoms with van der Waals surface area (Å²) in [4.78, 5) is 30.3. The highest BCUT2D eigenvalue weighted by Gasteiger charge is 2.50. The highest BCUT2D eigenvalue weighted by molar-refractivity contribution is 5.93. The molecule has 2 amide bonds. The van der Waals surface area contributed by atoms with Gasteiger partial charge in [-0.2, -0.15) is 18.3 Å². The number of fused-ring (bicyclic) bond motifs is 1. The number of carbonyl (C=O) groups excluding carboxylic acids is 2. The molecule has 0 aromatic carbocycles. The molecule has 0 saturated heterocycles. The number of hydrogen-bond acceptors (Lipinski definition) is 7. The van der Waals surface area contributed by atoms with Crippen LogP contribution in [0.25, 0.3) is 5.65 Å². The van der Waals surface area contributed by atoms with Gasteiger partial charge in [0.25, 0.3) is 5.91 Å². The number of carbonyl (C=O) groups is 2. The zero-order valence-electron chi connectivity index (χ0n) is 22.8. The van der Waals surface area contributed by atoms with Crippen LogP contribution in [0, 0.1) is 18.8 Å². The fraction of sp³-hybridized carbons (Fsp3) is 0.615. The van der Waals surface area contributed by atoms with Crippen LogP contribution >= 0.6 is 0 Å². The molecule has 3 heterocycles. The van der Waals surface area contributed by atoms with Crippen molar-refractivity contribution in [3.05, 3.63) is 41.1 Å². The summed E-state index contributed by atoms with van der Waals surface area (Å²) in [5, 5.41) is 15.9. The molecule has 0 spiro atoms. The minimum Gasteiger partial charge on any atom is -0.344 e. The maximum atomic E-state index is 13.9. The smallest absolute Gasteiger partial charge is 0.344 e. The van der Waals surface area contributed by atoms with E-state index in [-0.39, 0.29) is 54.0 Å². The lowest BCUT2D eigenvalue weighted by Crippen LogP contribution is -2.48. The van der Waals surface area contributed by atoms with Crippen molar-refractivity contribution in [3.63, 3.8) is 0 Å². The Bertz CT molecular complexity index is 1460. The van der Waals surface area contributed by atoms with Crippen LogP contribution in [-0.2, 0) is 4.79 Å². The van der Waals surface area contributed by atoms with E-state index in [1.165, 1.54) is 23.7 Å². The Morgan fingerprint density at radius 3 is 2.37 bits per heavy atom. The molecule has 234 valence electrons. The van der Waals surface area contributed by atoms with Gasteiger partial charge in [-0.1, -0.05) is 5.16 Å². The second kappa shape index (κ2) is 11.7. The molecule has 0 radical (unpaired) electrons. The molecule has 17 heteroatoms. The van der Waals surface area contributed by atoms with Crippen molar-refractivity contribution in [1.29, 1.82) is 0 Å². The van der Waals surface area contributed by atoms with Gasteiger partial charge in [0.1, 0.15) is 11.7 Å². The number of nitrogens with zero attached hydrogens (tertiary/aromatic N) is 5. The van der Waals surface area contributed by atoms with Crippen molar-refractivity contribution in [2.75, 3.05) is 0 Å². The summed E-state index contributed by atoms with van der Waals surface area (Å²) in [6.07, 6.45) is -6.48. The lowest BCUT2D eigenvalue weighted by Gasteiger charge is -2.33. The van der Waals surface area contributed by atoms with Crippen LogP contribution in [0.4, 0.5) is 30.7 Å². The van der Waals surface area contributed by atoms with Gasteiger partial charge in [-0.05, 0) is 61.2 Å². The van der Waals surface area contributed by atoms with Crippen LogP contribution < -0.4 is 10.6 Å². The van der Waals surface area contributed by atoms with E-state index in [4.69, 9.17) is 0 Å². The molecule has 2 fully saturated rings. The van der Waals surface area contributed by atoms with Crippen molar-refractivity contribution >= 4 is 17.5 Å². The van der Waals surface area contributed by atoms with E-state index < -0.39 is 79.4 Å². The zero-order valence-corrected chi connectivity index (χ0v) is 22.8. The molecular formula is C26H28F7N7O3. The normalized spacial score (nSPS) is 19.7. The fourth-order valence-corrected chi connectivity index (χ4v) is 5.45. The Morgan fingerprint density at radius 1 is 1.09 bits per heavy atom. The van der Waals surface area contributed by atoms with Gasteiger partial charge in [0.15, 0.2) is 11.3 Å². The summed E-state index contributed by atoms with van der Waals surface area (Å²) >= 11 is 0. The lowest BCUT2D eigenvalue weighted by atomic mass is 9.81. The Balaban J connectivity index is 1.44. The minimum atomic E-state index is -4.74. The van der Waals surface area contributed by atoms with Crippen LogP contribution in [0.5, 0.6) is 0 Å². The van der Waals surface area contributed by atoms with E-state index in [0.717, 1.165) is 6.20 Å². The molecule has 3 atom stereocenters. The van der Waals surface area contributed by atoms with Gasteiger partial charge in [0.05, 0.1) is 30.0 Å². The molecule has 5 rings (SSSR count). The van der Waals surface area contributed by atoms with E-state index in [0.29, 0.717) is 0 Å². The van der Waals surface area contributed by atoms with Crippen molar-refractivity contribution in [2.24, 2.45) is 11.8 Å². The number of aromatic nitrogens is 5. The van der Waals surface area contributed by atoms with Crippen molar-refractivity contribution in [3.8, 4) is 0 Å². The lowest BCUT2D eigenvalue weighted by molar-refractivity contribution is -0.166. The summed E-state index contributed by atoms with van der Waals surface area (Å²) in [5.41, 5.74) is 0.267. The first-order chi connectivity index (χ1) is 20.2. The van der Waals surface area contributed by atoms with E-state index in [2.05, 4.69) is 30.3 Å². The predicted molar refractivity (Wildman–Crippen MR) is 133 cm³/mol. The summed E-state index contributed by atoms with van der Waals surface area (Å²) in [7, 11) is 0. The highest BCUT2D eigenvalue weighted by Crippen LogP contribution is 2.42. The number of rotatable bonds is 10. The van der Waals surface area contributed by atoms with Crippen LogP contribution in [0.1, 0.15) is 84.3 Å². The Kier molecular flexibility index (Phi) is 8.35. The Hall–Kier alpha value is -3.79. The third kappa shape index (κ3) is 7.06. The standard InChI is InChI=1S/C26H28F7N7O3/c1-12-20(39-43-38-12)24(42)36-21(13-4-6-25(29,30)7-5-13)17-11-40-19(35-17)8-15(10-34-40)16(9-18(27)28)23(41)37-22(14-2-3-14)26(31,32)33/h8,10-11,13-14,16,18,21-22H,2-7,9H2,1H3,(H,36,42)(H,37,41)/t16-,21+,22+/m1/s1. The topological polar surface area (TPSA) is 127 Å². The molecule has 2 aliphatic carbocycles. The van der Waals surface area contributed by atoms with E-state index in [9.17, 15) is 40.3 Å². The largest absolute Gasteiger partial charge is 0.408 e. The second-order valence-electron chi connectivity index (χ2n) is 11.1. The number of hydrogen-bond donors (Lipinski definition) is 2. The fourth-order valence-electron chi connectivity index (χ4n) is 5.45. The van der Waals surface area contributed by atoms with Gasteiger partial charge in [-0.15, -0.1) is 0 Å². The maximum absolute atomic E-state index is 13.9. The van der Waals surface area contributed by atoms with Gasteiger partial charge in [-0.3, -0.25) is 9.59 Å². The first kappa shape index (κ1) is 30.7. The quantitative estimate of drug-likeness (QED) is 0.309. The molecule has 43 heavy (non-hydrogen) atoms. The van der Waals surface area contributed by atoms with Crippen molar-refractivity contribution in [1.82, 2.24) is 35.5 Å². The van der Waals surface area contributed by atoms with Crippen molar-refractivity contribution in [2.45, 2.75) is 88.4 Å². The molecule has 10 nitrogen and oxygen atoms in total. The molecule has 3 aromatic heterocycles. The molecule has 3 aromatic rings.